The molecule has 1 aliphatic carbocycles. The average molecular weight is 284 g/mol. The number of rotatable bonds is 7. The Morgan fingerprint density at radius 2 is 1.86 bits per heavy atom. The Balaban J connectivity index is 1.56. The van der Waals surface area contributed by atoms with Crippen molar-refractivity contribution in [2.75, 3.05) is 6.61 Å². The normalized spacial score (nSPS) is 14.0. The topological polar surface area (TPSA) is 43.4 Å². The molecule has 0 radical (unpaired) electrons. The zero-order valence-corrected chi connectivity index (χ0v) is 12.2. The van der Waals surface area contributed by atoms with E-state index >= 15 is 0 Å². The molecule has 1 fully saturated rings. The largest absolute Gasteiger partial charge is 0.494 e. The molecule has 2 aromatic rings. The van der Waals surface area contributed by atoms with Crippen molar-refractivity contribution in [3.05, 3.63) is 48.2 Å². The van der Waals surface area contributed by atoms with Crippen LogP contribution < -0.4 is 14.8 Å². The summed E-state index contributed by atoms with van der Waals surface area (Å²) in [5.74, 6) is 2.21. The van der Waals surface area contributed by atoms with Gasteiger partial charge in [0.25, 0.3) is 0 Å². The van der Waals surface area contributed by atoms with Gasteiger partial charge in [-0.2, -0.15) is 0 Å². The van der Waals surface area contributed by atoms with Gasteiger partial charge < -0.3 is 14.8 Å². The van der Waals surface area contributed by atoms with Gasteiger partial charge in [0.1, 0.15) is 11.5 Å². The molecular formula is C17H20N2O2. The van der Waals surface area contributed by atoms with Crippen LogP contribution in [-0.4, -0.2) is 17.6 Å². The van der Waals surface area contributed by atoms with Crippen molar-refractivity contribution in [2.24, 2.45) is 0 Å². The Bertz CT molecular complexity index is 562. The van der Waals surface area contributed by atoms with Crippen molar-refractivity contribution in [3.8, 4) is 17.4 Å². The van der Waals surface area contributed by atoms with Crippen molar-refractivity contribution < 1.29 is 9.47 Å². The van der Waals surface area contributed by atoms with E-state index in [1.165, 1.54) is 18.4 Å². The molecule has 1 aliphatic rings. The second-order valence-corrected chi connectivity index (χ2v) is 5.17. The van der Waals surface area contributed by atoms with Crippen LogP contribution in [0.2, 0.25) is 0 Å². The molecule has 0 aliphatic heterocycles. The summed E-state index contributed by atoms with van der Waals surface area (Å²) < 4.78 is 11.1. The predicted octanol–water partition coefficient (Wildman–Crippen LogP) is 3.52. The molecule has 0 spiro atoms. The first-order chi connectivity index (χ1) is 10.3. The minimum Gasteiger partial charge on any atom is -0.494 e. The number of ether oxygens (including phenoxy) is 2. The zero-order chi connectivity index (χ0) is 14.5. The molecular weight excluding hydrogens is 264 g/mol. The lowest BCUT2D eigenvalue weighted by molar-refractivity contribution is 0.339. The maximum Gasteiger partial charge on any atom is 0.219 e. The second kappa shape index (κ2) is 6.59. The highest BCUT2D eigenvalue weighted by Gasteiger charge is 2.19. The van der Waals surface area contributed by atoms with E-state index in [1.54, 1.807) is 0 Å². The zero-order valence-electron chi connectivity index (χ0n) is 12.2. The molecule has 1 aromatic carbocycles. The molecule has 1 N–H and O–H groups in total. The molecule has 1 heterocycles. The standard InChI is InChI=1S/C17H20N2O2/c1-2-20-15-6-8-16(9-7-15)21-17-10-3-13(12-19-17)11-18-14-4-5-14/h3,6-10,12,14,18H,2,4-5,11H2,1H3. The molecule has 21 heavy (non-hydrogen) atoms. The number of hydrogen-bond donors (Lipinski definition) is 1. The summed E-state index contributed by atoms with van der Waals surface area (Å²) in [7, 11) is 0. The van der Waals surface area contributed by atoms with Gasteiger partial charge in [0.05, 0.1) is 6.61 Å². The minimum absolute atomic E-state index is 0.606. The van der Waals surface area contributed by atoms with Crippen LogP contribution in [0, 0.1) is 0 Å². The van der Waals surface area contributed by atoms with E-state index in [-0.39, 0.29) is 0 Å². The molecule has 0 unspecified atom stereocenters. The summed E-state index contributed by atoms with van der Waals surface area (Å²) in [6, 6.07) is 12.2. The van der Waals surface area contributed by atoms with E-state index in [9.17, 15) is 0 Å². The molecule has 110 valence electrons. The number of pyridine rings is 1. The van der Waals surface area contributed by atoms with Crippen molar-refractivity contribution in [1.29, 1.82) is 0 Å². The Hall–Kier alpha value is -2.07. The van der Waals surface area contributed by atoms with Gasteiger partial charge in [-0.3, -0.25) is 0 Å². The van der Waals surface area contributed by atoms with E-state index in [0.717, 1.165) is 18.0 Å². The molecule has 0 amide bonds. The van der Waals surface area contributed by atoms with Crippen molar-refractivity contribution in [1.82, 2.24) is 10.3 Å². The van der Waals surface area contributed by atoms with Gasteiger partial charge in [0, 0.05) is 24.8 Å². The molecule has 0 bridgehead atoms. The lowest BCUT2D eigenvalue weighted by Gasteiger charge is -2.07. The van der Waals surface area contributed by atoms with Crippen LogP contribution in [-0.2, 0) is 6.54 Å². The highest BCUT2D eigenvalue weighted by Crippen LogP contribution is 2.23. The summed E-state index contributed by atoms with van der Waals surface area (Å²) in [5.41, 5.74) is 1.18. The molecule has 1 saturated carbocycles. The minimum atomic E-state index is 0.606. The first-order valence-corrected chi connectivity index (χ1v) is 7.42. The summed E-state index contributed by atoms with van der Waals surface area (Å²) >= 11 is 0. The van der Waals surface area contributed by atoms with Crippen molar-refractivity contribution in [3.63, 3.8) is 0 Å². The van der Waals surface area contributed by atoms with Gasteiger partial charge in [-0.15, -0.1) is 0 Å². The van der Waals surface area contributed by atoms with Crippen LogP contribution >= 0.6 is 0 Å². The number of nitrogens with zero attached hydrogens (tertiary/aromatic N) is 1. The third-order valence-corrected chi connectivity index (χ3v) is 3.33. The van der Waals surface area contributed by atoms with Gasteiger partial charge >= 0.3 is 0 Å². The quantitative estimate of drug-likeness (QED) is 0.844. The smallest absolute Gasteiger partial charge is 0.219 e. The SMILES string of the molecule is CCOc1ccc(Oc2ccc(CNC3CC3)cn2)cc1. The van der Waals surface area contributed by atoms with Gasteiger partial charge in [-0.1, -0.05) is 6.07 Å². The first-order valence-electron chi connectivity index (χ1n) is 7.42. The lowest BCUT2D eigenvalue weighted by atomic mass is 10.3. The number of nitrogens with one attached hydrogen (secondary N) is 1. The first kappa shape index (κ1) is 13.9. The van der Waals surface area contributed by atoms with Gasteiger partial charge in [-0.25, -0.2) is 4.98 Å². The van der Waals surface area contributed by atoms with E-state index in [0.29, 0.717) is 18.5 Å². The van der Waals surface area contributed by atoms with Crippen LogP contribution in [0.4, 0.5) is 0 Å². The average Bonchev–Trinajstić information content (AvgIpc) is 3.33. The van der Waals surface area contributed by atoms with Crippen LogP contribution in [0.1, 0.15) is 25.3 Å². The Kier molecular flexibility index (Phi) is 4.36. The van der Waals surface area contributed by atoms with Crippen LogP contribution in [0.15, 0.2) is 42.6 Å². The third kappa shape index (κ3) is 4.20. The van der Waals surface area contributed by atoms with Gasteiger partial charge in [0.2, 0.25) is 5.88 Å². The number of hydrogen-bond acceptors (Lipinski definition) is 4. The van der Waals surface area contributed by atoms with Gasteiger partial charge in [0.15, 0.2) is 0 Å². The Morgan fingerprint density at radius 1 is 1.10 bits per heavy atom. The predicted molar refractivity (Wildman–Crippen MR) is 81.8 cm³/mol. The van der Waals surface area contributed by atoms with E-state index < -0.39 is 0 Å². The van der Waals surface area contributed by atoms with E-state index in [2.05, 4.69) is 10.3 Å². The highest BCUT2D eigenvalue weighted by atomic mass is 16.5. The molecule has 0 atom stereocenters. The lowest BCUT2D eigenvalue weighted by Crippen LogP contribution is -2.15. The summed E-state index contributed by atoms with van der Waals surface area (Å²) in [5, 5.41) is 3.47. The highest BCUT2D eigenvalue weighted by molar-refractivity contribution is 5.33. The molecule has 4 heteroatoms. The second-order valence-electron chi connectivity index (χ2n) is 5.17. The maximum absolute atomic E-state index is 5.72. The summed E-state index contributed by atoms with van der Waals surface area (Å²) in [6.07, 6.45) is 4.46. The van der Waals surface area contributed by atoms with Gasteiger partial charge in [-0.05, 0) is 49.6 Å². The van der Waals surface area contributed by atoms with Crippen LogP contribution in [0.25, 0.3) is 0 Å². The monoisotopic (exact) mass is 284 g/mol. The fourth-order valence-electron chi connectivity index (χ4n) is 2.02. The Labute approximate surface area is 125 Å². The van der Waals surface area contributed by atoms with Crippen molar-refractivity contribution >= 4 is 0 Å². The van der Waals surface area contributed by atoms with Crippen molar-refractivity contribution in [2.45, 2.75) is 32.4 Å². The number of aromatic nitrogens is 1. The fourth-order valence-corrected chi connectivity index (χ4v) is 2.02. The molecule has 1 aromatic heterocycles. The van der Waals surface area contributed by atoms with Crippen LogP contribution in [0.5, 0.6) is 17.4 Å². The summed E-state index contributed by atoms with van der Waals surface area (Å²) in [6.45, 7) is 3.51. The maximum atomic E-state index is 5.72. The van der Waals surface area contributed by atoms with E-state index in [1.807, 2.05) is 49.5 Å². The molecule has 3 rings (SSSR count). The van der Waals surface area contributed by atoms with Crippen LogP contribution in [0.3, 0.4) is 0 Å². The third-order valence-electron chi connectivity index (χ3n) is 3.33. The number of benzene rings is 1. The summed E-state index contributed by atoms with van der Waals surface area (Å²) in [4.78, 5) is 4.34. The van der Waals surface area contributed by atoms with E-state index in [4.69, 9.17) is 9.47 Å². The molecule has 4 nitrogen and oxygen atoms in total. The Morgan fingerprint density at radius 3 is 2.48 bits per heavy atom. The fraction of sp³-hybridized carbons (Fsp3) is 0.353. The molecule has 0 saturated heterocycles.